The Morgan fingerprint density at radius 1 is 1.28 bits per heavy atom. The second-order valence-electron chi connectivity index (χ2n) is 4.55. The number of carbonyl (C=O) groups excluding carboxylic acids is 2. The summed E-state index contributed by atoms with van der Waals surface area (Å²) >= 11 is 0. The molecule has 2 amide bonds. The monoisotopic (exact) mass is 249 g/mol. The highest BCUT2D eigenvalue weighted by Gasteiger charge is 2.43. The Labute approximate surface area is 105 Å². The van der Waals surface area contributed by atoms with E-state index in [0.717, 1.165) is 0 Å². The van der Waals surface area contributed by atoms with Gasteiger partial charge in [0.2, 0.25) is 11.8 Å². The molecule has 1 aromatic carbocycles. The summed E-state index contributed by atoms with van der Waals surface area (Å²) in [6.45, 7) is 1.85. The van der Waals surface area contributed by atoms with Crippen molar-refractivity contribution in [3.8, 4) is 11.5 Å². The van der Waals surface area contributed by atoms with Gasteiger partial charge in [-0.2, -0.15) is 0 Å². The number of carbonyl (C=O) groups is 2. The summed E-state index contributed by atoms with van der Waals surface area (Å²) < 4.78 is 10.7. The van der Waals surface area contributed by atoms with Crippen molar-refractivity contribution >= 4 is 11.8 Å². The average Bonchev–Trinajstić information content (AvgIpc) is 2.61. The Kier molecular flexibility index (Phi) is 3.23. The zero-order valence-electron chi connectivity index (χ0n) is 10.4. The molecule has 1 unspecified atom stereocenters. The molecule has 1 aliphatic heterocycles. The highest BCUT2D eigenvalue weighted by molar-refractivity contribution is 6.05. The molecule has 1 atom stereocenters. The van der Waals surface area contributed by atoms with Crippen molar-refractivity contribution in [1.82, 2.24) is 5.32 Å². The van der Waals surface area contributed by atoms with Crippen molar-refractivity contribution in [2.24, 2.45) is 5.41 Å². The van der Waals surface area contributed by atoms with E-state index in [1.54, 1.807) is 26.2 Å². The fourth-order valence-electron chi connectivity index (χ4n) is 1.85. The fraction of sp³-hybridized carbons (Fsp3) is 0.385. The number of hydrogen-bond acceptors (Lipinski definition) is 4. The predicted molar refractivity (Wildman–Crippen MR) is 64.4 cm³/mol. The maximum absolute atomic E-state index is 11.6. The summed E-state index contributed by atoms with van der Waals surface area (Å²) in [5.41, 5.74) is -0.808. The van der Waals surface area contributed by atoms with Crippen molar-refractivity contribution in [2.75, 3.05) is 13.7 Å². The summed E-state index contributed by atoms with van der Waals surface area (Å²) in [7, 11) is 1.55. The largest absolute Gasteiger partial charge is 0.493 e. The predicted octanol–water partition coefficient (Wildman–Crippen LogP) is 1.13. The molecule has 1 aliphatic rings. The van der Waals surface area contributed by atoms with Crippen LogP contribution in [0.2, 0.25) is 0 Å². The Morgan fingerprint density at radius 3 is 2.50 bits per heavy atom. The molecule has 0 spiro atoms. The van der Waals surface area contributed by atoms with E-state index in [4.69, 9.17) is 9.47 Å². The molecule has 0 radical (unpaired) electrons. The standard InChI is InChI=1S/C13H15NO4/c1-13(7-11(15)14-12(13)16)8-18-10-6-4-3-5-9(10)17-2/h3-6H,7-8H2,1-2H3,(H,14,15,16). The second-order valence-corrected chi connectivity index (χ2v) is 4.55. The van der Waals surface area contributed by atoms with E-state index in [2.05, 4.69) is 5.32 Å². The van der Waals surface area contributed by atoms with Gasteiger partial charge in [-0.25, -0.2) is 0 Å². The van der Waals surface area contributed by atoms with Crippen LogP contribution < -0.4 is 14.8 Å². The summed E-state index contributed by atoms with van der Waals surface area (Å²) in [5.74, 6) is 0.618. The molecule has 5 nitrogen and oxygen atoms in total. The van der Waals surface area contributed by atoms with Crippen LogP contribution in [0.25, 0.3) is 0 Å². The molecule has 1 fully saturated rings. The number of benzene rings is 1. The lowest BCUT2D eigenvalue weighted by Gasteiger charge is -2.20. The maximum Gasteiger partial charge on any atom is 0.236 e. The molecule has 2 rings (SSSR count). The fourth-order valence-corrected chi connectivity index (χ4v) is 1.85. The molecular weight excluding hydrogens is 234 g/mol. The highest BCUT2D eigenvalue weighted by Crippen LogP contribution is 2.31. The van der Waals surface area contributed by atoms with Crippen LogP contribution in [0.1, 0.15) is 13.3 Å². The third-order valence-corrected chi connectivity index (χ3v) is 2.97. The molecule has 0 aliphatic carbocycles. The molecule has 96 valence electrons. The van der Waals surface area contributed by atoms with E-state index < -0.39 is 5.41 Å². The summed E-state index contributed by atoms with van der Waals surface area (Å²) in [6.07, 6.45) is 0.154. The number of ether oxygens (including phenoxy) is 2. The minimum atomic E-state index is -0.808. The molecular formula is C13H15NO4. The van der Waals surface area contributed by atoms with Gasteiger partial charge in [0.1, 0.15) is 6.61 Å². The first-order chi connectivity index (χ1) is 8.55. The Hall–Kier alpha value is -2.04. The Morgan fingerprint density at radius 2 is 1.94 bits per heavy atom. The van der Waals surface area contributed by atoms with Gasteiger partial charge in [0, 0.05) is 6.42 Å². The van der Waals surface area contributed by atoms with Crippen LogP contribution in [0.4, 0.5) is 0 Å². The van der Waals surface area contributed by atoms with Gasteiger partial charge in [-0.15, -0.1) is 0 Å². The summed E-state index contributed by atoms with van der Waals surface area (Å²) in [6, 6.07) is 7.19. The number of para-hydroxylation sites is 2. The lowest BCUT2D eigenvalue weighted by atomic mass is 9.90. The zero-order valence-corrected chi connectivity index (χ0v) is 10.4. The van der Waals surface area contributed by atoms with Gasteiger partial charge in [-0.1, -0.05) is 12.1 Å². The van der Waals surface area contributed by atoms with Gasteiger partial charge in [0.15, 0.2) is 11.5 Å². The van der Waals surface area contributed by atoms with Gasteiger partial charge in [0.25, 0.3) is 0 Å². The van der Waals surface area contributed by atoms with E-state index in [1.807, 2.05) is 12.1 Å². The van der Waals surface area contributed by atoms with Crippen molar-refractivity contribution in [3.05, 3.63) is 24.3 Å². The second kappa shape index (κ2) is 4.68. The van der Waals surface area contributed by atoms with Crippen molar-refractivity contribution in [3.63, 3.8) is 0 Å². The zero-order chi connectivity index (χ0) is 13.2. The lowest BCUT2D eigenvalue weighted by molar-refractivity contribution is -0.129. The molecule has 1 N–H and O–H groups in total. The number of methoxy groups -OCH3 is 1. The number of imide groups is 1. The first-order valence-corrected chi connectivity index (χ1v) is 5.65. The third-order valence-electron chi connectivity index (χ3n) is 2.97. The number of amides is 2. The molecule has 1 aromatic rings. The van der Waals surface area contributed by atoms with Crippen LogP contribution in [0, 0.1) is 5.41 Å². The van der Waals surface area contributed by atoms with E-state index in [9.17, 15) is 9.59 Å². The van der Waals surface area contributed by atoms with Gasteiger partial charge in [-0.3, -0.25) is 14.9 Å². The summed E-state index contributed by atoms with van der Waals surface area (Å²) in [4.78, 5) is 22.8. The molecule has 1 saturated heterocycles. The van der Waals surface area contributed by atoms with Crippen LogP contribution in [0.3, 0.4) is 0 Å². The number of rotatable bonds is 4. The minimum Gasteiger partial charge on any atom is -0.493 e. The van der Waals surface area contributed by atoms with Crippen LogP contribution >= 0.6 is 0 Å². The SMILES string of the molecule is COc1ccccc1OCC1(C)CC(=O)NC1=O. The molecule has 0 saturated carbocycles. The molecule has 0 aromatic heterocycles. The van der Waals surface area contributed by atoms with Crippen LogP contribution in [0.15, 0.2) is 24.3 Å². The summed E-state index contributed by atoms with van der Waals surface area (Å²) in [5, 5.41) is 2.28. The molecule has 1 heterocycles. The lowest BCUT2D eigenvalue weighted by Crippen LogP contribution is -2.34. The average molecular weight is 249 g/mol. The van der Waals surface area contributed by atoms with Crippen LogP contribution in [0.5, 0.6) is 11.5 Å². The highest BCUT2D eigenvalue weighted by atomic mass is 16.5. The third kappa shape index (κ3) is 2.30. The first-order valence-electron chi connectivity index (χ1n) is 5.65. The van der Waals surface area contributed by atoms with E-state index in [0.29, 0.717) is 11.5 Å². The Balaban J connectivity index is 2.07. The number of nitrogens with one attached hydrogen (secondary N) is 1. The topological polar surface area (TPSA) is 64.6 Å². The van der Waals surface area contributed by atoms with E-state index >= 15 is 0 Å². The van der Waals surface area contributed by atoms with E-state index in [1.165, 1.54) is 0 Å². The van der Waals surface area contributed by atoms with Crippen LogP contribution in [-0.2, 0) is 9.59 Å². The maximum atomic E-state index is 11.6. The smallest absolute Gasteiger partial charge is 0.236 e. The normalized spacial score (nSPS) is 22.8. The first kappa shape index (κ1) is 12.4. The number of hydrogen-bond donors (Lipinski definition) is 1. The molecule has 5 heteroatoms. The van der Waals surface area contributed by atoms with Crippen molar-refractivity contribution in [2.45, 2.75) is 13.3 Å². The quantitative estimate of drug-likeness (QED) is 0.812. The van der Waals surface area contributed by atoms with E-state index in [-0.39, 0.29) is 24.8 Å². The molecule has 18 heavy (non-hydrogen) atoms. The van der Waals surface area contributed by atoms with Crippen molar-refractivity contribution in [1.29, 1.82) is 0 Å². The van der Waals surface area contributed by atoms with Gasteiger partial charge >= 0.3 is 0 Å². The van der Waals surface area contributed by atoms with Gasteiger partial charge < -0.3 is 9.47 Å². The van der Waals surface area contributed by atoms with Gasteiger partial charge in [0.05, 0.1) is 12.5 Å². The van der Waals surface area contributed by atoms with Crippen LogP contribution in [-0.4, -0.2) is 25.5 Å². The van der Waals surface area contributed by atoms with Gasteiger partial charge in [-0.05, 0) is 19.1 Å². The van der Waals surface area contributed by atoms with Crippen molar-refractivity contribution < 1.29 is 19.1 Å². The Bertz CT molecular complexity index is 486. The minimum absolute atomic E-state index is 0.144. The molecule has 0 bridgehead atoms.